The highest BCUT2D eigenvalue weighted by molar-refractivity contribution is 8.18. The fourth-order valence-corrected chi connectivity index (χ4v) is 3.27. The third kappa shape index (κ3) is 3.83. The first-order valence-electron chi connectivity index (χ1n) is 7.88. The number of carbonyl (C=O) groups excluding carboxylic acids is 2. The minimum absolute atomic E-state index is 0.0975. The molecule has 1 aliphatic heterocycles. The van der Waals surface area contributed by atoms with Crippen molar-refractivity contribution in [2.75, 3.05) is 26.2 Å². The van der Waals surface area contributed by atoms with Gasteiger partial charge < -0.3 is 14.8 Å². The molecule has 134 valence electrons. The summed E-state index contributed by atoms with van der Waals surface area (Å²) in [6.07, 6.45) is 1.68. The number of benzene rings is 2. The summed E-state index contributed by atoms with van der Waals surface area (Å²) in [4.78, 5) is 26.3. The summed E-state index contributed by atoms with van der Waals surface area (Å²) < 4.78 is 10.4. The van der Waals surface area contributed by atoms with E-state index < -0.39 is 0 Å². The monoisotopic (exact) mass is 370 g/mol. The molecule has 2 amide bonds. The summed E-state index contributed by atoms with van der Waals surface area (Å²) in [6.45, 7) is 0.0975. The number of thioether (sulfide) groups is 1. The van der Waals surface area contributed by atoms with E-state index >= 15 is 0 Å². The normalized spacial score (nSPS) is 15.5. The van der Waals surface area contributed by atoms with E-state index in [0.29, 0.717) is 10.7 Å². The average Bonchev–Trinajstić information content (AvgIpc) is 2.94. The Hall–Kier alpha value is -2.93. The van der Waals surface area contributed by atoms with Gasteiger partial charge in [0.05, 0.1) is 25.8 Å². The second kappa shape index (κ2) is 7.97. The van der Waals surface area contributed by atoms with Crippen LogP contribution in [0.1, 0.15) is 5.56 Å². The Balaban J connectivity index is 1.71. The molecule has 1 saturated heterocycles. The second-order valence-corrected chi connectivity index (χ2v) is 6.41. The van der Waals surface area contributed by atoms with E-state index in [1.165, 1.54) is 4.90 Å². The first kappa shape index (κ1) is 17.9. The zero-order chi connectivity index (χ0) is 18.5. The number of nitrogens with zero attached hydrogens (tertiary/aromatic N) is 1. The molecule has 0 atom stereocenters. The molecule has 1 N–H and O–H groups in total. The fourth-order valence-electron chi connectivity index (χ4n) is 2.44. The van der Waals surface area contributed by atoms with Gasteiger partial charge in [0.15, 0.2) is 0 Å². The lowest BCUT2D eigenvalue weighted by Crippen LogP contribution is -2.33. The van der Waals surface area contributed by atoms with E-state index in [4.69, 9.17) is 9.47 Å². The van der Waals surface area contributed by atoms with Crippen LogP contribution in [0.5, 0.6) is 11.5 Å². The molecular formula is C19H18N2O4S. The number of ether oxygens (including phenoxy) is 2. The van der Waals surface area contributed by atoms with Gasteiger partial charge in [-0.1, -0.05) is 18.2 Å². The maximum Gasteiger partial charge on any atom is 0.295 e. The quantitative estimate of drug-likeness (QED) is 0.780. The highest BCUT2D eigenvalue weighted by Gasteiger charge is 2.34. The zero-order valence-electron chi connectivity index (χ0n) is 14.4. The van der Waals surface area contributed by atoms with Gasteiger partial charge in [-0.05, 0) is 48.2 Å². The molecular weight excluding hydrogens is 352 g/mol. The molecule has 0 radical (unpaired) electrons. The SMILES string of the molecule is COc1ccc(NCN2C(=O)S/C(=C\c3ccccc3OC)C2=O)cc1. The van der Waals surface area contributed by atoms with Crippen molar-refractivity contribution >= 4 is 34.7 Å². The van der Waals surface area contributed by atoms with Crippen LogP contribution in [0.3, 0.4) is 0 Å². The molecule has 3 rings (SSSR count). The van der Waals surface area contributed by atoms with Crippen molar-refractivity contribution in [1.29, 1.82) is 0 Å². The molecule has 0 unspecified atom stereocenters. The third-order valence-corrected chi connectivity index (χ3v) is 4.74. The number of amides is 2. The highest BCUT2D eigenvalue weighted by Crippen LogP contribution is 2.33. The molecule has 1 heterocycles. The zero-order valence-corrected chi connectivity index (χ0v) is 15.2. The molecule has 0 aromatic heterocycles. The van der Waals surface area contributed by atoms with Crippen LogP contribution in [-0.4, -0.2) is 36.9 Å². The number of nitrogens with one attached hydrogen (secondary N) is 1. The number of rotatable bonds is 6. The van der Waals surface area contributed by atoms with E-state index in [0.717, 1.165) is 28.8 Å². The second-order valence-electron chi connectivity index (χ2n) is 5.42. The number of hydrogen-bond donors (Lipinski definition) is 1. The number of hydrogen-bond acceptors (Lipinski definition) is 6. The van der Waals surface area contributed by atoms with Gasteiger partial charge in [-0.2, -0.15) is 0 Å². The van der Waals surface area contributed by atoms with Gasteiger partial charge in [-0.3, -0.25) is 14.5 Å². The lowest BCUT2D eigenvalue weighted by atomic mass is 10.2. The summed E-state index contributed by atoms with van der Waals surface area (Å²) in [5, 5.41) is 2.76. The minimum Gasteiger partial charge on any atom is -0.497 e. The van der Waals surface area contributed by atoms with Crippen molar-refractivity contribution < 1.29 is 19.1 Å². The first-order chi connectivity index (χ1) is 12.6. The summed E-state index contributed by atoms with van der Waals surface area (Å²) in [5.74, 6) is 1.06. The van der Waals surface area contributed by atoms with Crippen molar-refractivity contribution in [3.05, 3.63) is 59.0 Å². The van der Waals surface area contributed by atoms with Gasteiger partial charge in [-0.25, -0.2) is 0 Å². The number of anilines is 1. The highest BCUT2D eigenvalue weighted by atomic mass is 32.2. The van der Waals surface area contributed by atoms with Gasteiger partial charge in [0, 0.05) is 11.3 Å². The van der Waals surface area contributed by atoms with Crippen molar-refractivity contribution in [3.8, 4) is 11.5 Å². The summed E-state index contributed by atoms with van der Waals surface area (Å²) in [7, 11) is 3.16. The van der Waals surface area contributed by atoms with E-state index in [-0.39, 0.29) is 17.8 Å². The van der Waals surface area contributed by atoms with Crippen LogP contribution in [0, 0.1) is 0 Å². The predicted molar refractivity (Wildman–Crippen MR) is 102 cm³/mol. The first-order valence-corrected chi connectivity index (χ1v) is 8.70. The van der Waals surface area contributed by atoms with Crippen molar-refractivity contribution in [3.63, 3.8) is 0 Å². The third-order valence-electron chi connectivity index (χ3n) is 3.83. The molecule has 0 saturated carbocycles. The van der Waals surface area contributed by atoms with Crippen molar-refractivity contribution in [1.82, 2.24) is 4.90 Å². The van der Waals surface area contributed by atoms with Crippen LogP contribution in [0.25, 0.3) is 6.08 Å². The summed E-state index contributed by atoms with van der Waals surface area (Å²) in [5.41, 5.74) is 1.54. The van der Waals surface area contributed by atoms with Crippen LogP contribution >= 0.6 is 11.8 Å². The Morgan fingerprint density at radius 3 is 2.46 bits per heavy atom. The Labute approximate surface area is 155 Å². The topological polar surface area (TPSA) is 67.9 Å². The Kier molecular flexibility index (Phi) is 5.48. The van der Waals surface area contributed by atoms with Crippen LogP contribution in [0.2, 0.25) is 0 Å². The van der Waals surface area contributed by atoms with Crippen LogP contribution in [0.15, 0.2) is 53.4 Å². The van der Waals surface area contributed by atoms with E-state index in [2.05, 4.69) is 5.32 Å². The molecule has 6 nitrogen and oxygen atoms in total. The molecule has 0 aliphatic carbocycles. The molecule has 1 fully saturated rings. The Bertz CT molecular complexity index is 849. The lowest BCUT2D eigenvalue weighted by molar-refractivity contribution is -0.122. The predicted octanol–water partition coefficient (Wildman–Crippen LogP) is 3.81. The number of imide groups is 1. The molecule has 0 bridgehead atoms. The van der Waals surface area contributed by atoms with Gasteiger partial charge in [-0.15, -0.1) is 0 Å². The number of methoxy groups -OCH3 is 2. The van der Waals surface area contributed by atoms with Gasteiger partial charge >= 0.3 is 0 Å². The maximum absolute atomic E-state index is 12.6. The molecule has 2 aromatic carbocycles. The van der Waals surface area contributed by atoms with E-state index in [9.17, 15) is 9.59 Å². The van der Waals surface area contributed by atoms with Crippen LogP contribution < -0.4 is 14.8 Å². The van der Waals surface area contributed by atoms with Crippen LogP contribution in [-0.2, 0) is 4.79 Å². The average molecular weight is 370 g/mol. The lowest BCUT2D eigenvalue weighted by Gasteiger charge is -2.14. The Morgan fingerprint density at radius 2 is 1.77 bits per heavy atom. The molecule has 26 heavy (non-hydrogen) atoms. The molecule has 2 aromatic rings. The van der Waals surface area contributed by atoms with Crippen LogP contribution in [0.4, 0.5) is 10.5 Å². The standard InChI is InChI=1S/C19H18N2O4S/c1-24-15-9-7-14(8-10-15)20-12-21-18(22)17(26-19(21)23)11-13-5-3-4-6-16(13)25-2/h3-11,20H,12H2,1-2H3/b17-11-. The van der Waals surface area contributed by atoms with Gasteiger partial charge in [0.25, 0.3) is 11.1 Å². The summed E-state index contributed by atoms with van der Waals surface area (Å²) >= 11 is 0.920. The van der Waals surface area contributed by atoms with Crippen molar-refractivity contribution in [2.45, 2.75) is 0 Å². The van der Waals surface area contributed by atoms with E-state index in [1.54, 1.807) is 38.5 Å². The minimum atomic E-state index is -0.327. The number of carbonyl (C=O) groups is 2. The van der Waals surface area contributed by atoms with Gasteiger partial charge in [0.1, 0.15) is 11.5 Å². The number of para-hydroxylation sites is 1. The largest absolute Gasteiger partial charge is 0.497 e. The summed E-state index contributed by atoms with van der Waals surface area (Å²) in [6, 6.07) is 14.6. The van der Waals surface area contributed by atoms with E-state index in [1.807, 2.05) is 30.3 Å². The van der Waals surface area contributed by atoms with Crippen molar-refractivity contribution in [2.24, 2.45) is 0 Å². The Morgan fingerprint density at radius 1 is 1.04 bits per heavy atom. The molecule has 1 aliphatic rings. The molecule has 0 spiro atoms. The van der Waals surface area contributed by atoms with Gasteiger partial charge in [0.2, 0.25) is 0 Å². The smallest absolute Gasteiger partial charge is 0.295 e. The maximum atomic E-state index is 12.6. The molecule has 7 heteroatoms. The fraction of sp³-hybridized carbons (Fsp3) is 0.158.